The van der Waals surface area contributed by atoms with Crippen LogP contribution in [0.25, 0.3) is 0 Å². The minimum Gasteiger partial charge on any atom is -0.318 e. The van der Waals surface area contributed by atoms with Crippen molar-refractivity contribution in [1.82, 2.24) is 15.1 Å². The van der Waals surface area contributed by atoms with Crippen molar-refractivity contribution in [3.63, 3.8) is 0 Å². The van der Waals surface area contributed by atoms with Gasteiger partial charge in [0.15, 0.2) is 0 Å². The van der Waals surface area contributed by atoms with E-state index in [2.05, 4.69) is 59.5 Å². The molecule has 1 aliphatic rings. The van der Waals surface area contributed by atoms with E-state index in [4.69, 9.17) is 0 Å². The summed E-state index contributed by atoms with van der Waals surface area (Å²) in [7, 11) is 6.46. The molecule has 1 heterocycles. The van der Waals surface area contributed by atoms with E-state index in [1.807, 2.05) is 7.05 Å². The highest BCUT2D eigenvalue weighted by Gasteiger charge is 2.37. The van der Waals surface area contributed by atoms with E-state index in [9.17, 15) is 0 Å². The number of nitrogens with zero attached hydrogens (tertiary/aromatic N) is 2. The van der Waals surface area contributed by atoms with Crippen molar-refractivity contribution in [3.8, 4) is 0 Å². The fourth-order valence-corrected chi connectivity index (χ4v) is 3.16. The van der Waals surface area contributed by atoms with E-state index < -0.39 is 0 Å². The van der Waals surface area contributed by atoms with Gasteiger partial charge in [-0.2, -0.15) is 0 Å². The van der Waals surface area contributed by atoms with Gasteiger partial charge in [0.05, 0.1) is 0 Å². The van der Waals surface area contributed by atoms with Gasteiger partial charge in [-0.25, -0.2) is 0 Å². The van der Waals surface area contributed by atoms with E-state index in [-0.39, 0.29) is 42.8 Å². The van der Waals surface area contributed by atoms with E-state index in [1.54, 1.807) is 0 Å². The Bertz CT molecular complexity index is 379. The first kappa shape index (κ1) is 24.2. The lowest BCUT2D eigenvalue weighted by molar-refractivity contribution is 0.0545. The molecule has 3 nitrogen and oxygen atoms in total. The summed E-state index contributed by atoms with van der Waals surface area (Å²) in [6, 6.07) is 11.0. The van der Waals surface area contributed by atoms with Gasteiger partial charge in [0, 0.05) is 31.7 Å². The maximum atomic E-state index is 3.24. The molecule has 1 saturated heterocycles. The standard InChI is InChI=1S/C16H27N3.3ClH/c1-17-11-14-19-12-9-16(10-13-19,18(2)3)15-7-5-4-6-8-15;;;/h4-8,17H,9-14H2,1-3H3;3*1H. The summed E-state index contributed by atoms with van der Waals surface area (Å²) in [5.41, 5.74) is 1.69. The van der Waals surface area contributed by atoms with E-state index in [0.717, 1.165) is 13.1 Å². The molecule has 2 rings (SSSR count). The van der Waals surface area contributed by atoms with Crippen LogP contribution in [0.4, 0.5) is 0 Å². The number of hydrogen-bond donors (Lipinski definition) is 1. The molecule has 1 fully saturated rings. The average molecular weight is 371 g/mol. The molecule has 0 radical (unpaired) electrons. The third-order valence-corrected chi connectivity index (χ3v) is 4.53. The molecule has 0 atom stereocenters. The largest absolute Gasteiger partial charge is 0.318 e. The lowest BCUT2D eigenvalue weighted by Gasteiger charge is -2.46. The van der Waals surface area contributed by atoms with Gasteiger partial charge < -0.3 is 10.2 Å². The topological polar surface area (TPSA) is 18.5 Å². The molecule has 0 aliphatic carbocycles. The molecular formula is C16H30Cl3N3. The summed E-state index contributed by atoms with van der Waals surface area (Å²) in [6.45, 7) is 4.62. The van der Waals surface area contributed by atoms with Crippen molar-refractivity contribution in [3.05, 3.63) is 35.9 Å². The number of halogens is 3. The summed E-state index contributed by atoms with van der Waals surface area (Å²) in [4.78, 5) is 4.99. The van der Waals surface area contributed by atoms with Crippen LogP contribution in [0, 0.1) is 0 Å². The van der Waals surface area contributed by atoms with Crippen LogP contribution in [0.3, 0.4) is 0 Å². The molecule has 1 N–H and O–H groups in total. The zero-order valence-electron chi connectivity index (χ0n) is 13.7. The number of benzene rings is 1. The van der Waals surface area contributed by atoms with Crippen LogP contribution < -0.4 is 5.32 Å². The van der Waals surface area contributed by atoms with Crippen LogP contribution in [-0.2, 0) is 5.54 Å². The van der Waals surface area contributed by atoms with Gasteiger partial charge in [-0.15, -0.1) is 37.2 Å². The zero-order chi connectivity index (χ0) is 13.7. The molecule has 0 bridgehead atoms. The predicted molar refractivity (Wildman–Crippen MR) is 103 cm³/mol. The van der Waals surface area contributed by atoms with Gasteiger partial charge in [-0.3, -0.25) is 4.90 Å². The number of likely N-dealkylation sites (tertiary alicyclic amines) is 1. The Kier molecular flexibility index (Phi) is 12.7. The predicted octanol–water partition coefficient (Wildman–Crippen LogP) is 3.02. The fourth-order valence-electron chi connectivity index (χ4n) is 3.16. The Morgan fingerprint density at radius 2 is 1.59 bits per heavy atom. The first-order chi connectivity index (χ1) is 9.19. The van der Waals surface area contributed by atoms with Crippen molar-refractivity contribution in [1.29, 1.82) is 0 Å². The van der Waals surface area contributed by atoms with Crippen LogP contribution in [-0.4, -0.2) is 57.1 Å². The third kappa shape index (κ3) is 5.55. The van der Waals surface area contributed by atoms with Gasteiger partial charge in [0.1, 0.15) is 0 Å². The summed E-state index contributed by atoms with van der Waals surface area (Å²) >= 11 is 0. The third-order valence-electron chi connectivity index (χ3n) is 4.53. The monoisotopic (exact) mass is 369 g/mol. The van der Waals surface area contributed by atoms with Gasteiger partial charge in [-0.1, -0.05) is 30.3 Å². The van der Waals surface area contributed by atoms with Crippen LogP contribution in [0.2, 0.25) is 0 Å². The molecule has 130 valence electrons. The first-order valence-electron chi connectivity index (χ1n) is 7.29. The van der Waals surface area contributed by atoms with Gasteiger partial charge >= 0.3 is 0 Å². The number of piperidine rings is 1. The van der Waals surface area contributed by atoms with E-state index in [1.165, 1.54) is 31.5 Å². The molecule has 0 saturated carbocycles. The minimum absolute atomic E-state index is 0. The van der Waals surface area contributed by atoms with Crippen LogP contribution in [0.1, 0.15) is 18.4 Å². The van der Waals surface area contributed by atoms with Crippen LogP contribution >= 0.6 is 37.2 Å². The van der Waals surface area contributed by atoms with E-state index >= 15 is 0 Å². The lowest BCUT2D eigenvalue weighted by Crippen LogP contribution is -2.51. The van der Waals surface area contributed by atoms with Crippen molar-refractivity contribution in [2.75, 3.05) is 47.3 Å². The highest BCUT2D eigenvalue weighted by Crippen LogP contribution is 2.37. The maximum Gasteiger partial charge on any atom is 0.0479 e. The van der Waals surface area contributed by atoms with Crippen molar-refractivity contribution < 1.29 is 0 Å². The van der Waals surface area contributed by atoms with Gasteiger partial charge in [0.2, 0.25) is 0 Å². The Balaban J connectivity index is 0. The summed E-state index contributed by atoms with van der Waals surface area (Å²) in [5.74, 6) is 0. The average Bonchev–Trinajstić information content (AvgIpc) is 2.46. The molecule has 1 aromatic rings. The molecule has 6 heteroatoms. The van der Waals surface area contributed by atoms with Gasteiger partial charge in [0.25, 0.3) is 0 Å². The second-order valence-electron chi connectivity index (χ2n) is 5.74. The fraction of sp³-hybridized carbons (Fsp3) is 0.625. The second-order valence-corrected chi connectivity index (χ2v) is 5.74. The quantitative estimate of drug-likeness (QED) is 0.859. The van der Waals surface area contributed by atoms with E-state index in [0.29, 0.717) is 0 Å². The minimum atomic E-state index is 0. The highest BCUT2D eigenvalue weighted by atomic mass is 35.5. The molecule has 22 heavy (non-hydrogen) atoms. The van der Waals surface area contributed by atoms with Crippen LogP contribution in [0.5, 0.6) is 0 Å². The molecule has 0 amide bonds. The van der Waals surface area contributed by atoms with Gasteiger partial charge in [-0.05, 0) is 39.5 Å². The van der Waals surface area contributed by atoms with Crippen LogP contribution in [0.15, 0.2) is 30.3 Å². The van der Waals surface area contributed by atoms with Crippen molar-refractivity contribution in [2.24, 2.45) is 0 Å². The Hall–Kier alpha value is -0.0300. The number of rotatable bonds is 5. The molecule has 0 unspecified atom stereocenters. The number of likely N-dealkylation sites (N-methyl/N-ethyl adjacent to an activating group) is 1. The normalized spacial score (nSPS) is 17.1. The summed E-state index contributed by atoms with van der Waals surface area (Å²) in [5, 5.41) is 3.24. The Morgan fingerprint density at radius 3 is 2.05 bits per heavy atom. The van der Waals surface area contributed by atoms with Crippen molar-refractivity contribution in [2.45, 2.75) is 18.4 Å². The molecule has 0 spiro atoms. The maximum absolute atomic E-state index is 3.24. The zero-order valence-corrected chi connectivity index (χ0v) is 16.2. The molecule has 1 aliphatic heterocycles. The van der Waals surface area contributed by atoms with Crippen molar-refractivity contribution >= 4 is 37.2 Å². The lowest BCUT2D eigenvalue weighted by atomic mass is 9.80. The number of hydrogen-bond acceptors (Lipinski definition) is 3. The SMILES string of the molecule is CNCCN1CCC(c2ccccc2)(N(C)C)CC1.Cl.Cl.Cl. The molecule has 1 aromatic carbocycles. The molecule has 0 aromatic heterocycles. The number of nitrogens with one attached hydrogen (secondary N) is 1. The summed E-state index contributed by atoms with van der Waals surface area (Å²) < 4.78 is 0. The first-order valence-corrected chi connectivity index (χ1v) is 7.29. The second kappa shape index (κ2) is 11.5. The smallest absolute Gasteiger partial charge is 0.0479 e. The Labute approximate surface area is 154 Å². The summed E-state index contributed by atoms with van der Waals surface area (Å²) in [6.07, 6.45) is 2.43. The highest BCUT2D eigenvalue weighted by molar-refractivity contribution is 5.86. The Morgan fingerprint density at radius 1 is 1.05 bits per heavy atom. The molecular weight excluding hydrogens is 341 g/mol.